The average Bonchev–Trinajstić information content (AvgIpc) is 2.57. The van der Waals surface area contributed by atoms with Gasteiger partial charge in [-0.15, -0.1) is 0 Å². The molecule has 120 valence electrons. The minimum absolute atomic E-state index is 0.123. The van der Waals surface area contributed by atoms with Gasteiger partial charge in [-0.2, -0.15) is 0 Å². The molecule has 3 rings (SSSR count). The summed E-state index contributed by atoms with van der Waals surface area (Å²) in [5.41, 5.74) is 4.29. The van der Waals surface area contributed by atoms with E-state index in [1.807, 2.05) is 68.4 Å². The summed E-state index contributed by atoms with van der Waals surface area (Å²) >= 11 is 0. The lowest BCUT2D eigenvalue weighted by Gasteiger charge is -2.08. The van der Waals surface area contributed by atoms with Crippen LogP contribution in [0.15, 0.2) is 60.9 Å². The molecule has 0 aliphatic carbocycles. The maximum atomic E-state index is 12.2. The highest BCUT2D eigenvalue weighted by atomic mass is 16.1. The van der Waals surface area contributed by atoms with Crippen molar-refractivity contribution in [3.63, 3.8) is 0 Å². The molecule has 0 fully saturated rings. The molecular formula is C19H18N4O. The topological polar surface area (TPSA) is 66.9 Å². The number of aromatic nitrogens is 2. The standard InChI is InChI=1S/C19H18N4O/c1-13-3-5-15(6-4-13)19(24)23-17-9-7-16(8-10-17)22-18-11-14(2)20-12-21-18/h3-12H,1-2H3,(H,23,24)(H,20,21,22). The van der Waals surface area contributed by atoms with E-state index in [9.17, 15) is 4.79 Å². The Kier molecular flexibility index (Phi) is 4.52. The minimum atomic E-state index is -0.123. The van der Waals surface area contributed by atoms with Crippen molar-refractivity contribution in [2.75, 3.05) is 10.6 Å². The molecule has 5 heteroatoms. The summed E-state index contributed by atoms with van der Waals surface area (Å²) in [4.78, 5) is 20.4. The quantitative estimate of drug-likeness (QED) is 0.760. The highest BCUT2D eigenvalue weighted by molar-refractivity contribution is 6.04. The van der Waals surface area contributed by atoms with Crippen LogP contribution in [0.5, 0.6) is 0 Å². The van der Waals surface area contributed by atoms with Gasteiger partial charge in [-0.25, -0.2) is 9.97 Å². The molecule has 0 saturated heterocycles. The van der Waals surface area contributed by atoms with Gasteiger partial charge in [-0.3, -0.25) is 4.79 Å². The summed E-state index contributed by atoms with van der Waals surface area (Å²) in [7, 11) is 0. The van der Waals surface area contributed by atoms with E-state index in [0.717, 1.165) is 28.5 Å². The van der Waals surface area contributed by atoms with Crippen molar-refractivity contribution in [3.05, 3.63) is 77.7 Å². The molecule has 0 saturated carbocycles. The first-order valence-corrected chi connectivity index (χ1v) is 7.64. The number of hydrogen-bond acceptors (Lipinski definition) is 4. The van der Waals surface area contributed by atoms with E-state index >= 15 is 0 Å². The van der Waals surface area contributed by atoms with Crippen molar-refractivity contribution in [1.29, 1.82) is 0 Å². The second kappa shape index (κ2) is 6.91. The summed E-state index contributed by atoms with van der Waals surface area (Å²) in [6.45, 7) is 3.91. The van der Waals surface area contributed by atoms with Crippen molar-refractivity contribution < 1.29 is 4.79 Å². The van der Waals surface area contributed by atoms with Crippen LogP contribution in [0.1, 0.15) is 21.6 Å². The van der Waals surface area contributed by atoms with Crippen molar-refractivity contribution in [2.24, 2.45) is 0 Å². The Morgan fingerprint density at radius 3 is 2.21 bits per heavy atom. The average molecular weight is 318 g/mol. The maximum absolute atomic E-state index is 12.2. The molecule has 0 aliphatic heterocycles. The Morgan fingerprint density at radius 2 is 1.54 bits per heavy atom. The van der Waals surface area contributed by atoms with Crippen molar-refractivity contribution in [2.45, 2.75) is 13.8 Å². The highest BCUT2D eigenvalue weighted by Gasteiger charge is 2.05. The van der Waals surface area contributed by atoms with Gasteiger partial charge in [0.05, 0.1) is 0 Å². The molecule has 1 heterocycles. The van der Waals surface area contributed by atoms with Crippen molar-refractivity contribution in [1.82, 2.24) is 9.97 Å². The SMILES string of the molecule is Cc1ccc(C(=O)Nc2ccc(Nc3cc(C)ncn3)cc2)cc1. The van der Waals surface area contributed by atoms with Crippen LogP contribution in [0, 0.1) is 13.8 Å². The van der Waals surface area contributed by atoms with E-state index in [2.05, 4.69) is 20.6 Å². The van der Waals surface area contributed by atoms with E-state index in [1.165, 1.54) is 6.33 Å². The van der Waals surface area contributed by atoms with Crippen LogP contribution in [0.4, 0.5) is 17.2 Å². The second-order valence-electron chi connectivity index (χ2n) is 5.57. The molecule has 2 N–H and O–H groups in total. The predicted octanol–water partition coefficient (Wildman–Crippen LogP) is 4.09. The van der Waals surface area contributed by atoms with Gasteiger partial charge in [0.1, 0.15) is 12.1 Å². The van der Waals surface area contributed by atoms with Crippen LogP contribution >= 0.6 is 0 Å². The first kappa shape index (κ1) is 15.7. The van der Waals surface area contributed by atoms with Crippen LogP contribution in [-0.2, 0) is 0 Å². The molecule has 1 amide bonds. The van der Waals surface area contributed by atoms with Crippen LogP contribution in [0.3, 0.4) is 0 Å². The van der Waals surface area contributed by atoms with Gasteiger partial charge in [0.2, 0.25) is 0 Å². The van der Waals surface area contributed by atoms with E-state index in [-0.39, 0.29) is 5.91 Å². The fourth-order valence-electron chi connectivity index (χ4n) is 2.22. The third-order valence-corrected chi connectivity index (χ3v) is 3.53. The fourth-order valence-corrected chi connectivity index (χ4v) is 2.22. The summed E-state index contributed by atoms with van der Waals surface area (Å²) in [5.74, 6) is 0.612. The van der Waals surface area contributed by atoms with Gasteiger partial charge in [0.15, 0.2) is 0 Å². The molecule has 0 radical (unpaired) electrons. The molecule has 24 heavy (non-hydrogen) atoms. The lowest BCUT2D eigenvalue weighted by atomic mass is 10.1. The van der Waals surface area contributed by atoms with Gasteiger partial charge in [0.25, 0.3) is 5.91 Å². The Balaban J connectivity index is 1.66. The molecular weight excluding hydrogens is 300 g/mol. The number of hydrogen-bond donors (Lipinski definition) is 2. The molecule has 1 aromatic heterocycles. The summed E-state index contributed by atoms with van der Waals surface area (Å²) < 4.78 is 0. The Hall–Kier alpha value is -3.21. The third-order valence-electron chi connectivity index (χ3n) is 3.53. The zero-order chi connectivity index (χ0) is 16.9. The van der Waals surface area contributed by atoms with E-state index in [0.29, 0.717) is 5.56 Å². The zero-order valence-corrected chi connectivity index (χ0v) is 13.6. The van der Waals surface area contributed by atoms with Crippen LogP contribution < -0.4 is 10.6 Å². The zero-order valence-electron chi connectivity index (χ0n) is 13.6. The molecule has 0 aliphatic rings. The Morgan fingerprint density at radius 1 is 0.875 bits per heavy atom. The van der Waals surface area contributed by atoms with E-state index in [1.54, 1.807) is 0 Å². The summed E-state index contributed by atoms with van der Waals surface area (Å²) in [5, 5.41) is 6.08. The van der Waals surface area contributed by atoms with Crippen molar-refractivity contribution >= 4 is 23.1 Å². The lowest BCUT2D eigenvalue weighted by molar-refractivity contribution is 0.102. The van der Waals surface area contributed by atoms with Gasteiger partial charge < -0.3 is 10.6 Å². The molecule has 0 spiro atoms. The van der Waals surface area contributed by atoms with Gasteiger partial charge in [-0.05, 0) is 50.2 Å². The third kappa shape index (κ3) is 3.95. The van der Waals surface area contributed by atoms with Crippen LogP contribution in [0.25, 0.3) is 0 Å². The number of anilines is 3. The molecule has 0 atom stereocenters. The number of carbonyl (C=O) groups excluding carboxylic acids is 1. The summed E-state index contributed by atoms with van der Waals surface area (Å²) in [6.07, 6.45) is 1.52. The van der Waals surface area contributed by atoms with Gasteiger partial charge >= 0.3 is 0 Å². The largest absolute Gasteiger partial charge is 0.340 e. The molecule has 0 unspecified atom stereocenters. The number of rotatable bonds is 4. The summed E-state index contributed by atoms with van der Waals surface area (Å²) in [6, 6.07) is 16.8. The lowest BCUT2D eigenvalue weighted by Crippen LogP contribution is -2.11. The predicted molar refractivity (Wildman–Crippen MR) is 95.6 cm³/mol. The van der Waals surface area contributed by atoms with Gasteiger partial charge in [0, 0.05) is 28.7 Å². The first-order valence-electron chi connectivity index (χ1n) is 7.64. The van der Waals surface area contributed by atoms with Crippen LogP contribution in [-0.4, -0.2) is 15.9 Å². The monoisotopic (exact) mass is 318 g/mol. The molecule has 2 aromatic carbocycles. The Labute approximate surface area is 140 Å². The molecule has 5 nitrogen and oxygen atoms in total. The molecule has 3 aromatic rings. The molecule has 0 bridgehead atoms. The minimum Gasteiger partial charge on any atom is -0.340 e. The number of nitrogens with one attached hydrogen (secondary N) is 2. The maximum Gasteiger partial charge on any atom is 0.255 e. The number of carbonyl (C=O) groups is 1. The van der Waals surface area contributed by atoms with Crippen molar-refractivity contribution in [3.8, 4) is 0 Å². The highest BCUT2D eigenvalue weighted by Crippen LogP contribution is 2.18. The fraction of sp³-hybridized carbons (Fsp3) is 0.105. The Bertz CT molecular complexity index is 842. The first-order chi connectivity index (χ1) is 11.6. The van der Waals surface area contributed by atoms with E-state index < -0.39 is 0 Å². The number of amides is 1. The number of nitrogens with zero attached hydrogens (tertiary/aromatic N) is 2. The van der Waals surface area contributed by atoms with Gasteiger partial charge in [-0.1, -0.05) is 17.7 Å². The van der Waals surface area contributed by atoms with Crippen LogP contribution in [0.2, 0.25) is 0 Å². The second-order valence-corrected chi connectivity index (χ2v) is 5.57. The smallest absolute Gasteiger partial charge is 0.255 e. The van der Waals surface area contributed by atoms with E-state index in [4.69, 9.17) is 0 Å². The number of benzene rings is 2. The number of aryl methyl sites for hydroxylation is 2. The normalized spacial score (nSPS) is 10.2.